The van der Waals surface area contributed by atoms with Crippen LogP contribution in [-0.4, -0.2) is 74.5 Å². The number of ether oxygens (including phenoxy) is 2. The van der Waals surface area contributed by atoms with Gasteiger partial charge in [0.2, 0.25) is 0 Å². The molecule has 0 bridgehead atoms. The summed E-state index contributed by atoms with van der Waals surface area (Å²) in [4.78, 5) is 28.5. The lowest BCUT2D eigenvalue weighted by Gasteiger charge is -2.22. The summed E-state index contributed by atoms with van der Waals surface area (Å²) in [6.07, 6.45) is 37.6. The van der Waals surface area contributed by atoms with E-state index in [-0.39, 0.29) is 30.4 Å². The molecule has 7 heteroatoms. The standard InChI is InChI=1S/C48H96N2O5/c1-5-9-13-17-19-27-35-45(33-25-15-11-7-3)47(52)54-43-31-23-21-29-39-50(41-37-49-38-42-51)40-30-22-24-32-44-55-48(53)46(34-26-16-12-8-4)36-28-20-18-14-10-6-2/h45-46,49,51H,5-44H2,1-4H3. The molecule has 2 atom stereocenters. The number of carbonyl (C=O) groups excluding carboxylic acids is 2. The summed E-state index contributed by atoms with van der Waals surface area (Å²) in [6.45, 7) is 15.0. The van der Waals surface area contributed by atoms with Crippen LogP contribution in [0.25, 0.3) is 0 Å². The summed E-state index contributed by atoms with van der Waals surface area (Å²) in [6, 6.07) is 0. The van der Waals surface area contributed by atoms with Crippen molar-refractivity contribution >= 4 is 11.9 Å². The average Bonchev–Trinajstić information content (AvgIpc) is 3.19. The fraction of sp³-hybridized carbons (Fsp3) is 0.958. The molecule has 0 rings (SSSR count). The Bertz CT molecular complexity index is 738. The Hall–Kier alpha value is -1.18. The summed E-state index contributed by atoms with van der Waals surface area (Å²) in [5.41, 5.74) is 0. The largest absolute Gasteiger partial charge is 0.465 e. The van der Waals surface area contributed by atoms with E-state index in [9.17, 15) is 14.7 Å². The first kappa shape index (κ1) is 53.8. The summed E-state index contributed by atoms with van der Waals surface area (Å²) in [7, 11) is 0. The van der Waals surface area contributed by atoms with E-state index in [2.05, 4.69) is 37.9 Å². The van der Waals surface area contributed by atoms with Gasteiger partial charge in [-0.3, -0.25) is 9.59 Å². The Labute approximate surface area is 343 Å². The molecule has 0 aromatic carbocycles. The molecule has 0 aliphatic rings. The molecule has 0 radical (unpaired) electrons. The van der Waals surface area contributed by atoms with E-state index in [1.54, 1.807) is 0 Å². The maximum Gasteiger partial charge on any atom is 0.308 e. The number of aliphatic hydroxyl groups excluding tert-OH is 1. The highest BCUT2D eigenvalue weighted by Crippen LogP contribution is 2.22. The monoisotopic (exact) mass is 781 g/mol. The van der Waals surface area contributed by atoms with Crippen molar-refractivity contribution in [3.63, 3.8) is 0 Å². The van der Waals surface area contributed by atoms with E-state index in [0.29, 0.717) is 19.8 Å². The maximum atomic E-state index is 13.0. The molecule has 0 aromatic rings. The zero-order valence-electron chi connectivity index (χ0n) is 37.5. The molecule has 0 aliphatic carbocycles. The number of esters is 2. The van der Waals surface area contributed by atoms with Gasteiger partial charge in [-0.1, -0.05) is 182 Å². The molecule has 2 N–H and O–H groups in total. The maximum absolute atomic E-state index is 13.0. The van der Waals surface area contributed by atoms with Gasteiger partial charge in [-0.15, -0.1) is 0 Å². The summed E-state index contributed by atoms with van der Waals surface area (Å²) in [5, 5.41) is 12.5. The Kier molecular flexibility index (Phi) is 43.0. The van der Waals surface area contributed by atoms with Gasteiger partial charge >= 0.3 is 11.9 Å². The predicted octanol–water partition coefficient (Wildman–Crippen LogP) is 12.8. The third-order valence-corrected chi connectivity index (χ3v) is 11.4. The highest BCUT2D eigenvalue weighted by molar-refractivity contribution is 5.72. The van der Waals surface area contributed by atoms with E-state index < -0.39 is 0 Å². The smallest absolute Gasteiger partial charge is 0.308 e. The molecule has 0 spiro atoms. The molecule has 2 unspecified atom stereocenters. The first-order valence-electron chi connectivity index (χ1n) is 24.4. The molecule has 0 saturated heterocycles. The van der Waals surface area contributed by atoms with Gasteiger partial charge in [0.25, 0.3) is 0 Å². The number of unbranched alkanes of at least 4 members (excludes halogenated alkanes) is 22. The van der Waals surface area contributed by atoms with Gasteiger partial charge in [-0.2, -0.15) is 0 Å². The van der Waals surface area contributed by atoms with Crippen LogP contribution in [-0.2, 0) is 19.1 Å². The number of nitrogens with one attached hydrogen (secondary N) is 1. The normalized spacial score (nSPS) is 12.7. The molecule has 0 heterocycles. The Morgan fingerprint density at radius 2 is 0.764 bits per heavy atom. The van der Waals surface area contributed by atoms with E-state index in [1.165, 1.54) is 103 Å². The molecule has 7 nitrogen and oxygen atoms in total. The van der Waals surface area contributed by atoms with Gasteiger partial charge in [0, 0.05) is 19.6 Å². The van der Waals surface area contributed by atoms with E-state index in [1.807, 2.05) is 0 Å². The Morgan fingerprint density at radius 1 is 0.436 bits per heavy atom. The molecule has 0 fully saturated rings. The van der Waals surface area contributed by atoms with Crippen molar-refractivity contribution in [2.24, 2.45) is 11.8 Å². The van der Waals surface area contributed by atoms with E-state index in [0.717, 1.165) is 129 Å². The van der Waals surface area contributed by atoms with E-state index >= 15 is 0 Å². The van der Waals surface area contributed by atoms with Gasteiger partial charge < -0.3 is 24.8 Å². The second-order valence-electron chi connectivity index (χ2n) is 16.7. The molecule has 328 valence electrons. The lowest BCUT2D eigenvalue weighted by Crippen LogP contribution is -2.34. The van der Waals surface area contributed by atoms with Crippen molar-refractivity contribution in [1.29, 1.82) is 0 Å². The van der Waals surface area contributed by atoms with Crippen molar-refractivity contribution in [2.75, 3.05) is 52.5 Å². The molecule has 0 saturated carbocycles. The van der Waals surface area contributed by atoms with Crippen LogP contribution in [0.4, 0.5) is 0 Å². The van der Waals surface area contributed by atoms with Crippen molar-refractivity contribution in [2.45, 2.75) is 233 Å². The number of hydrogen-bond acceptors (Lipinski definition) is 7. The van der Waals surface area contributed by atoms with Crippen LogP contribution in [0, 0.1) is 11.8 Å². The highest BCUT2D eigenvalue weighted by atomic mass is 16.5. The predicted molar refractivity (Wildman–Crippen MR) is 236 cm³/mol. The first-order valence-corrected chi connectivity index (χ1v) is 24.4. The lowest BCUT2D eigenvalue weighted by atomic mass is 9.94. The van der Waals surface area contributed by atoms with Crippen LogP contribution in [0.15, 0.2) is 0 Å². The minimum absolute atomic E-state index is 0.0512. The van der Waals surface area contributed by atoms with Crippen LogP contribution in [0.3, 0.4) is 0 Å². The molecule has 55 heavy (non-hydrogen) atoms. The minimum atomic E-state index is 0.0512. The van der Waals surface area contributed by atoms with Gasteiger partial charge in [-0.05, 0) is 64.5 Å². The van der Waals surface area contributed by atoms with Crippen molar-refractivity contribution < 1.29 is 24.2 Å². The minimum Gasteiger partial charge on any atom is -0.465 e. The third kappa shape index (κ3) is 36.9. The zero-order chi connectivity index (χ0) is 40.3. The third-order valence-electron chi connectivity index (χ3n) is 11.4. The number of rotatable bonds is 45. The van der Waals surface area contributed by atoms with Gasteiger partial charge in [-0.25, -0.2) is 0 Å². The Balaban J connectivity index is 4.42. The van der Waals surface area contributed by atoms with Crippen LogP contribution in [0.5, 0.6) is 0 Å². The summed E-state index contributed by atoms with van der Waals surface area (Å²) in [5.74, 6) is 0.275. The molecule has 0 amide bonds. The topological polar surface area (TPSA) is 88.1 Å². The van der Waals surface area contributed by atoms with Crippen molar-refractivity contribution in [1.82, 2.24) is 10.2 Å². The van der Waals surface area contributed by atoms with Crippen molar-refractivity contribution in [3.8, 4) is 0 Å². The fourth-order valence-electron chi connectivity index (χ4n) is 7.68. The zero-order valence-corrected chi connectivity index (χ0v) is 37.5. The van der Waals surface area contributed by atoms with Crippen LogP contribution < -0.4 is 5.32 Å². The summed E-state index contributed by atoms with van der Waals surface area (Å²) < 4.78 is 11.7. The van der Waals surface area contributed by atoms with Crippen LogP contribution in [0.2, 0.25) is 0 Å². The molecule has 0 aromatic heterocycles. The van der Waals surface area contributed by atoms with Gasteiger partial charge in [0.1, 0.15) is 0 Å². The fourth-order valence-corrected chi connectivity index (χ4v) is 7.68. The molecular formula is C48H96N2O5. The van der Waals surface area contributed by atoms with Gasteiger partial charge in [0.15, 0.2) is 0 Å². The quantitative estimate of drug-likeness (QED) is 0.0470. The number of carbonyl (C=O) groups is 2. The first-order chi connectivity index (χ1) is 27.0. The van der Waals surface area contributed by atoms with Gasteiger partial charge in [0.05, 0.1) is 31.7 Å². The summed E-state index contributed by atoms with van der Waals surface area (Å²) >= 11 is 0. The molecule has 0 aliphatic heterocycles. The second-order valence-corrected chi connectivity index (χ2v) is 16.7. The van der Waals surface area contributed by atoms with Crippen LogP contribution in [0.1, 0.15) is 233 Å². The Morgan fingerprint density at radius 3 is 1.15 bits per heavy atom. The number of nitrogens with zero attached hydrogens (tertiary/aromatic N) is 1. The number of hydrogen-bond donors (Lipinski definition) is 2. The number of aliphatic hydroxyl groups is 1. The van der Waals surface area contributed by atoms with E-state index in [4.69, 9.17) is 9.47 Å². The molecular weight excluding hydrogens is 685 g/mol. The van der Waals surface area contributed by atoms with Crippen molar-refractivity contribution in [3.05, 3.63) is 0 Å². The highest BCUT2D eigenvalue weighted by Gasteiger charge is 2.20. The second kappa shape index (κ2) is 43.9. The lowest BCUT2D eigenvalue weighted by molar-refractivity contribution is -0.150. The van der Waals surface area contributed by atoms with Crippen LogP contribution >= 0.6 is 0 Å². The average molecular weight is 781 g/mol. The SMILES string of the molecule is CCCCCCCCC(CCCCCC)C(=O)OCCCCCCN(CCCCCCOC(=O)C(CCCCCC)CCCCCCCC)CCNCCO.